The fourth-order valence-corrected chi connectivity index (χ4v) is 2.90. The summed E-state index contributed by atoms with van der Waals surface area (Å²) in [6, 6.07) is 5.75. The van der Waals surface area contributed by atoms with Crippen LogP contribution in [0.4, 0.5) is 5.69 Å². The Morgan fingerprint density at radius 3 is 2.61 bits per heavy atom. The van der Waals surface area contributed by atoms with Gasteiger partial charge < -0.3 is 15.7 Å². The van der Waals surface area contributed by atoms with Crippen molar-refractivity contribution in [1.29, 1.82) is 0 Å². The van der Waals surface area contributed by atoms with Crippen molar-refractivity contribution in [3.63, 3.8) is 0 Å². The molecule has 1 aromatic carbocycles. The van der Waals surface area contributed by atoms with E-state index in [1.807, 2.05) is 31.4 Å². The number of hydrogen-bond acceptors (Lipinski definition) is 4. The molecule has 0 aliphatic heterocycles. The van der Waals surface area contributed by atoms with Gasteiger partial charge in [0, 0.05) is 36.2 Å². The molecule has 0 heterocycles. The first-order chi connectivity index (χ1) is 10.8. The zero-order valence-electron chi connectivity index (χ0n) is 14.9. The van der Waals surface area contributed by atoms with Crippen LogP contribution >= 0.6 is 11.8 Å². The van der Waals surface area contributed by atoms with Crippen LogP contribution in [-0.4, -0.2) is 42.2 Å². The van der Waals surface area contributed by atoms with E-state index in [1.165, 1.54) is 0 Å². The fourth-order valence-electron chi connectivity index (χ4n) is 2.25. The standard InChI is InChI=1S/C18H30N2O2S/c1-13-15(17(22)20-14(9-10-21)11-23-5)7-6-8-16(13)19-12-18(2,3)4/h6-8,14,19,21H,9-12H2,1-5H3,(H,20,22). The second-order valence-electron chi connectivity index (χ2n) is 7.03. The number of hydrogen-bond donors (Lipinski definition) is 3. The van der Waals surface area contributed by atoms with Crippen molar-refractivity contribution < 1.29 is 9.90 Å². The number of aliphatic hydroxyl groups excluding tert-OH is 1. The zero-order chi connectivity index (χ0) is 17.5. The smallest absolute Gasteiger partial charge is 0.251 e. The van der Waals surface area contributed by atoms with E-state index in [-0.39, 0.29) is 24.0 Å². The fraction of sp³-hybridized carbons (Fsp3) is 0.611. The largest absolute Gasteiger partial charge is 0.396 e. The Morgan fingerprint density at radius 2 is 2.04 bits per heavy atom. The summed E-state index contributed by atoms with van der Waals surface area (Å²) >= 11 is 1.67. The van der Waals surface area contributed by atoms with Crippen LogP contribution in [0.15, 0.2) is 18.2 Å². The summed E-state index contributed by atoms with van der Waals surface area (Å²) < 4.78 is 0. The Labute approximate surface area is 144 Å². The minimum absolute atomic E-state index is 0.00640. The van der Waals surface area contributed by atoms with Crippen LogP contribution in [0.25, 0.3) is 0 Å². The van der Waals surface area contributed by atoms with Crippen LogP contribution in [0, 0.1) is 12.3 Å². The average molecular weight is 339 g/mol. The van der Waals surface area contributed by atoms with Crippen molar-refractivity contribution in [2.75, 3.05) is 30.5 Å². The van der Waals surface area contributed by atoms with E-state index < -0.39 is 0 Å². The Bertz CT molecular complexity index is 506. The van der Waals surface area contributed by atoms with Crippen molar-refractivity contribution in [3.8, 4) is 0 Å². The van der Waals surface area contributed by atoms with Crippen molar-refractivity contribution in [2.45, 2.75) is 40.2 Å². The van der Waals surface area contributed by atoms with Gasteiger partial charge in [-0.05, 0) is 42.7 Å². The summed E-state index contributed by atoms with van der Waals surface area (Å²) in [5.74, 6) is 0.724. The normalized spacial score (nSPS) is 12.8. The van der Waals surface area contributed by atoms with Gasteiger partial charge in [0.1, 0.15) is 0 Å². The van der Waals surface area contributed by atoms with Gasteiger partial charge in [0.05, 0.1) is 0 Å². The highest BCUT2D eigenvalue weighted by Crippen LogP contribution is 2.22. The van der Waals surface area contributed by atoms with Gasteiger partial charge in [-0.25, -0.2) is 0 Å². The first kappa shape index (κ1) is 19.8. The maximum absolute atomic E-state index is 12.5. The molecule has 1 atom stereocenters. The SMILES string of the molecule is CSCC(CCO)NC(=O)c1cccc(NCC(C)(C)C)c1C. The highest BCUT2D eigenvalue weighted by Gasteiger charge is 2.17. The molecule has 0 fully saturated rings. The second-order valence-corrected chi connectivity index (χ2v) is 7.94. The van der Waals surface area contributed by atoms with Crippen LogP contribution in [0.3, 0.4) is 0 Å². The van der Waals surface area contributed by atoms with E-state index in [1.54, 1.807) is 11.8 Å². The lowest BCUT2D eigenvalue weighted by molar-refractivity contribution is 0.0934. The van der Waals surface area contributed by atoms with Crippen molar-refractivity contribution >= 4 is 23.4 Å². The third-order valence-electron chi connectivity index (χ3n) is 3.57. The molecule has 5 heteroatoms. The van der Waals surface area contributed by atoms with E-state index in [4.69, 9.17) is 5.11 Å². The Morgan fingerprint density at radius 1 is 1.35 bits per heavy atom. The molecule has 23 heavy (non-hydrogen) atoms. The van der Waals surface area contributed by atoms with Crippen LogP contribution in [-0.2, 0) is 0 Å². The van der Waals surface area contributed by atoms with Crippen LogP contribution in [0.1, 0.15) is 43.1 Å². The maximum Gasteiger partial charge on any atom is 0.251 e. The molecule has 1 unspecified atom stereocenters. The summed E-state index contributed by atoms with van der Waals surface area (Å²) in [7, 11) is 0. The van der Waals surface area contributed by atoms with E-state index >= 15 is 0 Å². The van der Waals surface area contributed by atoms with Crippen molar-refractivity contribution in [1.82, 2.24) is 5.32 Å². The van der Waals surface area contributed by atoms with E-state index in [0.717, 1.165) is 23.5 Å². The molecule has 0 aliphatic carbocycles. The van der Waals surface area contributed by atoms with Gasteiger partial charge in [-0.2, -0.15) is 11.8 Å². The molecule has 0 saturated carbocycles. The van der Waals surface area contributed by atoms with Gasteiger partial charge in [-0.3, -0.25) is 4.79 Å². The Kier molecular flexibility index (Phi) is 7.92. The van der Waals surface area contributed by atoms with Gasteiger partial charge in [-0.1, -0.05) is 26.8 Å². The molecule has 0 saturated heterocycles. The van der Waals surface area contributed by atoms with Crippen molar-refractivity contribution in [2.24, 2.45) is 5.41 Å². The number of aliphatic hydroxyl groups is 1. The number of anilines is 1. The van der Waals surface area contributed by atoms with E-state index in [0.29, 0.717) is 12.0 Å². The molecule has 0 aliphatic rings. The molecular formula is C18H30N2O2S. The van der Waals surface area contributed by atoms with Gasteiger partial charge in [-0.15, -0.1) is 0 Å². The summed E-state index contributed by atoms with van der Waals surface area (Å²) in [6.07, 6.45) is 2.58. The highest BCUT2D eigenvalue weighted by molar-refractivity contribution is 7.98. The van der Waals surface area contributed by atoms with Crippen LogP contribution < -0.4 is 10.6 Å². The minimum Gasteiger partial charge on any atom is -0.396 e. The third-order valence-corrected chi connectivity index (χ3v) is 4.30. The first-order valence-corrected chi connectivity index (χ1v) is 9.42. The lowest BCUT2D eigenvalue weighted by Gasteiger charge is -2.22. The highest BCUT2D eigenvalue weighted by atomic mass is 32.2. The molecule has 0 aromatic heterocycles. The number of carbonyl (C=O) groups excluding carboxylic acids is 1. The summed E-state index contributed by atoms with van der Waals surface area (Å²) in [6.45, 7) is 9.42. The summed E-state index contributed by atoms with van der Waals surface area (Å²) in [5, 5.41) is 15.6. The van der Waals surface area contributed by atoms with Gasteiger partial charge in [0.25, 0.3) is 5.91 Å². The molecule has 1 amide bonds. The second kappa shape index (κ2) is 9.18. The number of nitrogens with one attached hydrogen (secondary N) is 2. The molecule has 0 bridgehead atoms. The van der Waals surface area contributed by atoms with E-state index in [9.17, 15) is 4.79 Å². The predicted molar refractivity (Wildman–Crippen MR) is 100 cm³/mol. The number of benzene rings is 1. The van der Waals surface area contributed by atoms with Gasteiger partial charge in [0.15, 0.2) is 0 Å². The number of carbonyl (C=O) groups is 1. The lowest BCUT2D eigenvalue weighted by atomic mass is 9.96. The number of thioether (sulfide) groups is 1. The van der Waals surface area contributed by atoms with Gasteiger partial charge in [0.2, 0.25) is 0 Å². The molecule has 1 rings (SSSR count). The maximum atomic E-state index is 12.5. The summed E-state index contributed by atoms with van der Waals surface area (Å²) in [5.41, 5.74) is 2.82. The monoisotopic (exact) mass is 338 g/mol. The molecule has 130 valence electrons. The Balaban J connectivity index is 2.84. The number of amides is 1. The Hall–Kier alpha value is -1.20. The zero-order valence-corrected chi connectivity index (χ0v) is 15.7. The van der Waals surface area contributed by atoms with Crippen LogP contribution in [0.2, 0.25) is 0 Å². The molecule has 0 spiro atoms. The molecule has 4 nitrogen and oxygen atoms in total. The van der Waals surface area contributed by atoms with Crippen molar-refractivity contribution in [3.05, 3.63) is 29.3 Å². The number of rotatable bonds is 8. The molecular weight excluding hydrogens is 308 g/mol. The summed E-state index contributed by atoms with van der Waals surface area (Å²) in [4.78, 5) is 12.5. The van der Waals surface area contributed by atoms with Gasteiger partial charge >= 0.3 is 0 Å². The minimum atomic E-state index is -0.0746. The quantitative estimate of drug-likeness (QED) is 0.681. The third kappa shape index (κ3) is 6.83. The van der Waals surface area contributed by atoms with E-state index in [2.05, 4.69) is 31.4 Å². The topological polar surface area (TPSA) is 61.4 Å². The predicted octanol–water partition coefficient (Wildman–Crippen LogP) is 3.30. The first-order valence-electron chi connectivity index (χ1n) is 8.02. The molecule has 3 N–H and O–H groups in total. The molecule has 0 radical (unpaired) electrons. The average Bonchev–Trinajstić information content (AvgIpc) is 2.45. The molecule has 1 aromatic rings. The lowest BCUT2D eigenvalue weighted by Crippen LogP contribution is -2.37. The van der Waals surface area contributed by atoms with Crippen LogP contribution in [0.5, 0.6) is 0 Å².